The Balaban J connectivity index is 2.19. The van der Waals surface area contributed by atoms with Crippen LogP contribution in [0, 0.1) is 5.92 Å². The number of hydrogen-bond acceptors (Lipinski definition) is 2. The third kappa shape index (κ3) is 4.77. The maximum Gasteiger partial charge on any atom is 0.416 e. The predicted molar refractivity (Wildman–Crippen MR) is 92.2 cm³/mol. The molecular weight excluding hydrogens is 345 g/mol. The van der Waals surface area contributed by atoms with Gasteiger partial charge in [-0.25, -0.2) is 0 Å². The summed E-state index contributed by atoms with van der Waals surface area (Å²) in [5.41, 5.74) is -0.272. The van der Waals surface area contributed by atoms with E-state index in [0.29, 0.717) is 18.4 Å². The lowest BCUT2D eigenvalue weighted by Gasteiger charge is -2.39. The van der Waals surface area contributed by atoms with E-state index in [9.17, 15) is 22.8 Å². The van der Waals surface area contributed by atoms with E-state index in [4.69, 9.17) is 0 Å². The number of alkyl halides is 3. The first-order chi connectivity index (χ1) is 12.1. The van der Waals surface area contributed by atoms with Gasteiger partial charge < -0.3 is 10.2 Å². The summed E-state index contributed by atoms with van der Waals surface area (Å²) in [6.45, 7) is 5.49. The second-order valence-electron chi connectivity index (χ2n) is 6.90. The van der Waals surface area contributed by atoms with E-state index < -0.39 is 17.8 Å². The van der Waals surface area contributed by atoms with Crippen LogP contribution in [-0.4, -0.2) is 29.3 Å². The van der Waals surface area contributed by atoms with Crippen molar-refractivity contribution in [3.8, 4) is 0 Å². The number of halogens is 3. The van der Waals surface area contributed by atoms with Gasteiger partial charge in [-0.15, -0.1) is 0 Å². The van der Waals surface area contributed by atoms with Gasteiger partial charge in [-0.3, -0.25) is 9.59 Å². The Hall–Kier alpha value is -2.05. The number of likely N-dealkylation sites (tertiary alicyclic amines) is 1. The van der Waals surface area contributed by atoms with Crippen molar-refractivity contribution in [2.24, 2.45) is 5.92 Å². The number of carbonyl (C=O) groups excluding carboxylic acids is 2. The molecule has 26 heavy (non-hydrogen) atoms. The van der Waals surface area contributed by atoms with E-state index in [1.54, 1.807) is 6.07 Å². The van der Waals surface area contributed by atoms with Gasteiger partial charge in [0.25, 0.3) is 0 Å². The zero-order valence-electron chi connectivity index (χ0n) is 15.3. The Kier molecular flexibility index (Phi) is 6.31. The second-order valence-corrected chi connectivity index (χ2v) is 6.90. The van der Waals surface area contributed by atoms with Crippen molar-refractivity contribution in [3.05, 3.63) is 35.4 Å². The molecule has 0 saturated carbocycles. The molecule has 0 radical (unpaired) electrons. The van der Waals surface area contributed by atoms with Gasteiger partial charge in [-0.1, -0.05) is 19.1 Å². The number of piperidine rings is 1. The molecule has 1 aromatic rings. The standard InChI is InChI=1S/C19H25F3N2O2/c1-4-12(2)23-18(26)15-8-9-17(24(11-15)13(3)25)14-6-5-7-16(10-14)19(20,21)22/h5-7,10,12,15,17H,4,8-9,11H2,1-3H3,(H,23,26). The molecule has 1 aliphatic heterocycles. The lowest BCUT2D eigenvalue weighted by atomic mass is 9.87. The topological polar surface area (TPSA) is 49.4 Å². The zero-order chi connectivity index (χ0) is 19.5. The van der Waals surface area contributed by atoms with Crippen LogP contribution in [0.5, 0.6) is 0 Å². The molecule has 0 aromatic heterocycles. The molecule has 4 nitrogen and oxygen atoms in total. The monoisotopic (exact) mass is 370 g/mol. The van der Waals surface area contributed by atoms with Gasteiger partial charge in [-0.2, -0.15) is 13.2 Å². The molecular formula is C19H25F3N2O2. The molecule has 7 heteroatoms. The van der Waals surface area contributed by atoms with Crippen molar-refractivity contribution in [2.75, 3.05) is 6.54 Å². The molecule has 1 aromatic carbocycles. The van der Waals surface area contributed by atoms with E-state index in [-0.39, 0.29) is 30.3 Å². The molecule has 3 atom stereocenters. The largest absolute Gasteiger partial charge is 0.416 e. The molecule has 3 unspecified atom stereocenters. The third-order valence-electron chi connectivity index (χ3n) is 4.96. The quantitative estimate of drug-likeness (QED) is 0.873. The number of amides is 2. The highest BCUT2D eigenvalue weighted by Gasteiger charge is 2.36. The van der Waals surface area contributed by atoms with Gasteiger partial charge in [-0.05, 0) is 43.9 Å². The third-order valence-corrected chi connectivity index (χ3v) is 4.96. The molecule has 144 valence electrons. The lowest BCUT2D eigenvalue weighted by molar-refractivity contribution is -0.137. The molecule has 1 heterocycles. The molecule has 0 bridgehead atoms. The van der Waals surface area contributed by atoms with Gasteiger partial charge in [0.1, 0.15) is 0 Å². The number of benzene rings is 1. The summed E-state index contributed by atoms with van der Waals surface area (Å²) < 4.78 is 38.9. The fraction of sp³-hybridized carbons (Fsp3) is 0.579. The van der Waals surface area contributed by atoms with Crippen molar-refractivity contribution in [1.29, 1.82) is 0 Å². The maximum absolute atomic E-state index is 13.0. The minimum absolute atomic E-state index is 0.0504. The van der Waals surface area contributed by atoms with Gasteiger partial charge in [0.15, 0.2) is 0 Å². The van der Waals surface area contributed by atoms with E-state index in [1.165, 1.54) is 17.9 Å². The minimum Gasteiger partial charge on any atom is -0.353 e. The van der Waals surface area contributed by atoms with E-state index >= 15 is 0 Å². The smallest absolute Gasteiger partial charge is 0.353 e. The van der Waals surface area contributed by atoms with Gasteiger partial charge >= 0.3 is 6.18 Å². The summed E-state index contributed by atoms with van der Waals surface area (Å²) in [6, 6.07) is 4.69. The first-order valence-corrected chi connectivity index (χ1v) is 8.88. The molecule has 1 saturated heterocycles. The minimum atomic E-state index is -4.43. The van der Waals surface area contributed by atoms with Crippen molar-refractivity contribution in [2.45, 2.75) is 58.3 Å². The second kappa shape index (κ2) is 8.10. The van der Waals surface area contributed by atoms with Crippen LogP contribution in [0.2, 0.25) is 0 Å². The summed E-state index contributed by atoms with van der Waals surface area (Å²) >= 11 is 0. The Morgan fingerprint density at radius 1 is 1.31 bits per heavy atom. The Morgan fingerprint density at radius 2 is 2.00 bits per heavy atom. The summed E-state index contributed by atoms with van der Waals surface area (Å²) in [6.07, 6.45) is -2.63. The fourth-order valence-electron chi connectivity index (χ4n) is 3.26. The maximum atomic E-state index is 13.0. The normalized spacial score (nSPS) is 22.0. The van der Waals surface area contributed by atoms with Crippen LogP contribution in [0.4, 0.5) is 13.2 Å². The first-order valence-electron chi connectivity index (χ1n) is 8.88. The van der Waals surface area contributed by atoms with Crippen LogP contribution in [0.1, 0.15) is 57.2 Å². The van der Waals surface area contributed by atoms with Crippen molar-refractivity contribution >= 4 is 11.8 Å². The highest BCUT2D eigenvalue weighted by Crippen LogP contribution is 2.36. The van der Waals surface area contributed by atoms with Crippen molar-refractivity contribution in [3.63, 3.8) is 0 Å². The van der Waals surface area contributed by atoms with Crippen LogP contribution in [-0.2, 0) is 15.8 Å². The van der Waals surface area contributed by atoms with Crippen LogP contribution >= 0.6 is 0 Å². The Morgan fingerprint density at radius 3 is 2.58 bits per heavy atom. The van der Waals surface area contributed by atoms with Crippen LogP contribution in [0.3, 0.4) is 0 Å². The molecule has 2 rings (SSSR count). The fourth-order valence-corrected chi connectivity index (χ4v) is 3.26. The molecule has 1 N–H and O–H groups in total. The molecule has 2 amide bonds. The Bertz CT molecular complexity index is 660. The predicted octanol–water partition coefficient (Wildman–Crippen LogP) is 3.92. The van der Waals surface area contributed by atoms with Crippen LogP contribution < -0.4 is 5.32 Å². The van der Waals surface area contributed by atoms with E-state index in [0.717, 1.165) is 18.6 Å². The molecule has 1 fully saturated rings. The molecule has 0 spiro atoms. The lowest BCUT2D eigenvalue weighted by Crippen LogP contribution is -2.47. The van der Waals surface area contributed by atoms with Crippen LogP contribution in [0.15, 0.2) is 24.3 Å². The Labute approximate surface area is 151 Å². The molecule has 0 aliphatic carbocycles. The summed E-state index contributed by atoms with van der Waals surface area (Å²) in [5, 5.41) is 2.92. The summed E-state index contributed by atoms with van der Waals surface area (Å²) in [7, 11) is 0. The number of carbonyl (C=O) groups is 2. The highest BCUT2D eigenvalue weighted by atomic mass is 19.4. The summed E-state index contributed by atoms with van der Waals surface area (Å²) in [4.78, 5) is 26.0. The van der Waals surface area contributed by atoms with Crippen molar-refractivity contribution < 1.29 is 22.8 Å². The van der Waals surface area contributed by atoms with Gasteiger partial charge in [0, 0.05) is 19.5 Å². The number of rotatable bonds is 4. The molecule has 1 aliphatic rings. The number of nitrogens with zero attached hydrogens (tertiary/aromatic N) is 1. The number of hydrogen-bond donors (Lipinski definition) is 1. The van der Waals surface area contributed by atoms with E-state index in [2.05, 4.69) is 5.32 Å². The van der Waals surface area contributed by atoms with E-state index in [1.807, 2.05) is 13.8 Å². The number of nitrogens with one attached hydrogen (secondary N) is 1. The average Bonchev–Trinajstić information content (AvgIpc) is 2.60. The zero-order valence-corrected chi connectivity index (χ0v) is 15.3. The first kappa shape index (κ1) is 20.3. The van der Waals surface area contributed by atoms with Crippen molar-refractivity contribution in [1.82, 2.24) is 10.2 Å². The SMILES string of the molecule is CCC(C)NC(=O)C1CCC(c2cccc(C(F)(F)F)c2)N(C(C)=O)C1. The van der Waals surface area contributed by atoms with Gasteiger partial charge in [0.2, 0.25) is 11.8 Å². The summed E-state index contributed by atoms with van der Waals surface area (Å²) in [5.74, 6) is -0.684. The van der Waals surface area contributed by atoms with Crippen LogP contribution in [0.25, 0.3) is 0 Å². The van der Waals surface area contributed by atoms with Gasteiger partial charge in [0.05, 0.1) is 17.5 Å². The highest BCUT2D eigenvalue weighted by molar-refractivity contribution is 5.81. The average molecular weight is 370 g/mol.